The Balaban J connectivity index is 1.42. The molecule has 0 saturated carbocycles. The molecule has 1 spiro atoms. The molecule has 0 bridgehead atoms. The van der Waals surface area contributed by atoms with Gasteiger partial charge in [-0.3, -0.25) is 14.4 Å². The van der Waals surface area contributed by atoms with Gasteiger partial charge >= 0.3 is 0 Å². The van der Waals surface area contributed by atoms with E-state index in [1.807, 2.05) is 65.7 Å². The third-order valence-corrected chi connectivity index (χ3v) is 9.15. The van der Waals surface area contributed by atoms with Crippen molar-refractivity contribution in [1.29, 1.82) is 0 Å². The normalized spacial score (nSPS) is 23.9. The lowest BCUT2D eigenvalue weighted by atomic mass is 9.62. The lowest BCUT2D eigenvalue weighted by Gasteiger charge is -2.38. The number of para-hydroxylation sites is 2. The number of hydrogen-bond acceptors (Lipinski definition) is 7. The van der Waals surface area contributed by atoms with Crippen molar-refractivity contribution in [1.82, 2.24) is 4.90 Å². The minimum atomic E-state index is -1.42. The first-order chi connectivity index (χ1) is 21.0. The number of anilines is 1. The highest BCUT2D eigenvalue weighted by atomic mass is 16.7. The highest BCUT2D eigenvalue weighted by Gasteiger charge is 2.71. The molecule has 0 aromatic heterocycles. The number of rotatable bonds is 5. The number of fused-ring (bicyclic) bond motifs is 7. The monoisotopic (exact) mass is 570 g/mol. The largest absolute Gasteiger partial charge is 0.496 e. The maximum atomic E-state index is 15.0. The Hall–Kier alpha value is -5.37. The average molecular weight is 571 g/mol. The van der Waals surface area contributed by atoms with E-state index in [2.05, 4.69) is 5.32 Å². The molecule has 4 aromatic carbocycles. The van der Waals surface area contributed by atoms with Crippen molar-refractivity contribution in [3.8, 4) is 17.2 Å². The van der Waals surface area contributed by atoms with E-state index >= 15 is 4.79 Å². The van der Waals surface area contributed by atoms with Crippen molar-refractivity contribution >= 4 is 29.2 Å². The van der Waals surface area contributed by atoms with Gasteiger partial charge in [-0.25, -0.2) is 0 Å². The Morgan fingerprint density at radius 3 is 2.56 bits per heavy atom. The van der Waals surface area contributed by atoms with Crippen LogP contribution in [0.25, 0.3) is 6.08 Å². The molecule has 4 aromatic rings. The topological polar surface area (TPSA) is 94.2 Å². The number of carbonyl (C=O) groups excluding carboxylic acids is 3. The summed E-state index contributed by atoms with van der Waals surface area (Å²) in [6, 6.07) is 25.6. The van der Waals surface area contributed by atoms with Gasteiger partial charge in [-0.05, 0) is 59.2 Å². The lowest BCUT2D eigenvalue weighted by Crippen LogP contribution is -2.49. The smallest absolute Gasteiger partial charge is 0.238 e. The second kappa shape index (κ2) is 9.32. The van der Waals surface area contributed by atoms with Crippen LogP contribution in [0.4, 0.5) is 5.69 Å². The van der Waals surface area contributed by atoms with Crippen LogP contribution in [0.1, 0.15) is 43.4 Å². The van der Waals surface area contributed by atoms with E-state index in [1.165, 1.54) is 7.11 Å². The predicted octanol–water partition coefficient (Wildman–Crippen LogP) is 5.41. The van der Waals surface area contributed by atoms with Crippen molar-refractivity contribution in [2.45, 2.75) is 17.5 Å². The first-order valence-corrected chi connectivity index (χ1v) is 14.1. The molecule has 0 radical (unpaired) electrons. The standard InChI is InChI=1S/C35H26N2O6/c1-41-26-13-7-4-10-23(26)32(39)29-30(31(38)21-14-15-27-28(18-21)43-19-42-27)37-17-16-20-8-2-3-9-22(20)33(37)35(29)24-11-5-6-12-25(24)36-34(35)40/h2-18,29-30,33H,19H2,1H3,(H,36,40)/t29-,30+,33+,35-/m0/s1. The van der Waals surface area contributed by atoms with Crippen LogP contribution in [0.3, 0.4) is 0 Å². The molecule has 43 heavy (non-hydrogen) atoms. The Morgan fingerprint density at radius 1 is 0.907 bits per heavy atom. The van der Waals surface area contributed by atoms with Crippen LogP contribution in [0, 0.1) is 5.92 Å². The molecule has 1 fully saturated rings. The van der Waals surface area contributed by atoms with E-state index < -0.39 is 23.4 Å². The summed E-state index contributed by atoms with van der Waals surface area (Å²) < 4.78 is 16.7. The summed E-state index contributed by atoms with van der Waals surface area (Å²) in [5, 5.41) is 3.07. The number of hydrogen-bond donors (Lipinski definition) is 1. The molecule has 4 atom stereocenters. The number of carbonyl (C=O) groups is 3. The van der Waals surface area contributed by atoms with Crippen LogP contribution in [0.5, 0.6) is 17.2 Å². The van der Waals surface area contributed by atoms with Gasteiger partial charge in [-0.1, -0.05) is 54.6 Å². The number of ketones is 2. The summed E-state index contributed by atoms with van der Waals surface area (Å²) in [5.41, 5.74) is 2.37. The van der Waals surface area contributed by atoms with E-state index in [-0.39, 0.29) is 24.3 Å². The van der Waals surface area contributed by atoms with Gasteiger partial charge in [0.2, 0.25) is 12.7 Å². The summed E-state index contributed by atoms with van der Waals surface area (Å²) in [7, 11) is 1.51. The number of benzene rings is 4. The molecule has 4 heterocycles. The molecule has 4 aliphatic heterocycles. The molecule has 1 saturated heterocycles. The van der Waals surface area contributed by atoms with E-state index in [1.54, 1.807) is 42.5 Å². The molecular weight excluding hydrogens is 544 g/mol. The van der Waals surface area contributed by atoms with Gasteiger partial charge in [0.15, 0.2) is 23.1 Å². The van der Waals surface area contributed by atoms with Gasteiger partial charge in [-0.15, -0.1) is 0 Å². The van der Waals surface area contributed by atoms with Crippen LogP contribution in [0.15, 0.2) is 97.2 Å². The first kappa shape index (κ1) is 25.3. The van der Waals surface area contributed by atoms with Crippen LogP contribution in [0.2, 0.25) is 0 Å². The number of methoxy groups -OCH3 is 1. The summed E-state index contributed by atoms with van der Waals surface area (Å²) in [5.74, 6) is -0.668. The molecule has 0 aliphatic carbocycles. The van der Waals surface area contributed by atoms with Crippen LogP contribution >= 0.6 is 0 Å². The van der Waals surface area contributed by atoms with E-state index in [9.17, 15) is 9.59 Å². The number of Topliss-reactive ketones (excluding diaryl/α,β-unsaturated/α-hetero) is 2. The Morgan fingerprint density at radius 2 is 1.67 bits per heavy atom. The van der Waals surface area contributed by atoms with Gasteiger partial charge < -0.3 is 24.4 Å². The molecule has 4 aliphatic rings. The maximum absolute atomic E-state index is 15.0. The summed E-state index contributed by atoms with van der Waals surface area (Å²) >= 11 is 0. The molecule has 1 amide bonds. The zero-order chi connectivity index (χ0) is 29.3. The van der Waals surface area contributed by atoms with Gasteiger partial charge in [0.25, 0.3) is 0 Å². The molecular formula is C35H26N2O6. The molecule has 8 rings (SSSR count). The van der Waals surface area contributed by atoms with E-state index in [4.69, 9.17) is 14.2 Å². The summed E-state index contributed by atoms with van der Waals surface area (Å²) in [6.45, 7) is 0.0686. The molecule has 212 valence electrons. The second-order valence-electron chi connectivity index (χ2n) is 11.1. The molecule has 1 N–H and O–H groups in total. The Labute approximate surface area is 247 Å². The zero-order valence-corrected chi connectivity index (χ0v) is 23.2. The van der Waals surface area contributed by atoms with Crippen molar-refractivity contribution in [3.05, 3.63) is 125 Å². The summed E-state index contributed by atoms with van der Waals surface area (Å²) in [6.07, 6.45) is 3.79. The number of ether oxygens (including phenoxy) is 3. The van der Waals surface area contributed by atoms with E-state index in [0.717, 1.165) is 11.1 Å². The number of nitrogens with zero attached hydrogens (tertiary/aromatic N) is 1. The van der Waals surface area contributed by atoms with Crippen molar-refractivity contribution in [2.24, 2.45) is 5.92 Å². The molecule has 0 unspecified atom stereocenters. The SMILES string of the molecule is COc1ccccc1C(=O)[C@@H]1[C@H](C(=O)c2ccc3c(c2)OCO3)N2C=Cc3ccccc3[C@@H]2[C@@]12C(=O)Nc1ccccc12. The minimum absolute atomic E-state index is 0.0686. The maximum Gasteiger partial charge on any atom is 0.238 e. The second-order valence-corrected chi connectivity index (χ2v) is 11.1. The fourth-order valence-electron chi connectivity index (χ4n) is 7.40. The van der Waals surface area contributed by atoms with Crippen molar-refractivity contribution in [3.63, 3.8) is 0 Å². The van der Waals surface area contributed by atoms with E-state index in [0.29, 0.717) is 39.6 Å². The number of amides is 1. The predicted molar refractivity (Wildman–Crippen MR) is 158 cm³/mol. The van der Waals surface area contributed by atoms with Crippen LogP contribution in [-0.4, -0.2) is 42.3 Å². The average Bonchev–Trinajstić information content (AvgIpc) is 3.73. The van der Waals surface area contributed by atoms with Crippen molar-refractivity contribution < 1.29 is 28.6 Å². The first-order valence-electron chi connectivity index (χ1n) is 14.1. The fourth-order valence-corrected chi connectivity index (χ4v) is 7.40. The van der Waals surface area contributed by atoms with Gasteiger partial charge in [0.1, 0.15) is 17.2 Å². The number of nitrogens with one attached hydrogen (secondary N) is 1. The van der Waals surface area contributed by atoms with Crippen molar-refractivity contribution in [2.75, 3.05) is 19.2 Å². The highest BCUT2D eigenvalue weighted by molar-refractivity contribution is 6.17. The third kappa shape index (κ3) is 3.40. The van der Waals surface area contributed by atoms with Gasteiger partial charge in [-0.2, -0.15) is 0 Å². The van der Waals surface area contributed by atoms with Gasteiger partial charge in [0, 0.05) is 17.5 Å². The van der Waals surface area contributed by atoms with Crippen LogP contribution < -0.4 is 19.5 Å². The Kier molecular flexibility index (Phi) is 5.50. The molecule has 8 heteroatoms. The fraction of sp³-hybridized carbons (Fsp3) is 0.171. The Bertz CT molecular complexity index is 1880. The summed E-state index contributed by atoms with van der Waals surface area (Å²) in [4.78, 5) is 46.3. The third-order valence-electron chi connectivity index (χ3n) is 9.15. The molecule has 8 nitrogen and oxygen atoms in total. The zero-order valence-electron chi connectivity index (χ0n) is 23.2. The lowest BCUT2D eigenvalue weighted by molar-refractivity contribution is -0.122. The minimum Gasteiger partial charge on any atom is -0.496 e. The highest BCUT2D eigenvalue weighted by Crippen LogP contribution is 2.62. The quantitative estimate of drug-likeness (QED) is 0.321. The van der Waals surface area contributed by atoms with Crippen LogP contribution in [-0.2, 0) is 10.2 Å². The van der Waals surface area contributed by atoms with Gasteiger partial charge in [0.05, 0.1) is 24.6 Å².